The van der Waals surface area contributed by atoms with Gasteiger partial charge in [-0.05, 0) is 35.5 Å². The molecule has 0 saturated heterocycles. The van der Waals surface area contributed by atoms with Crippen molar-refractivity contribution in [1.29, 1.82) is 0 Å². The molecule has 0 amide bonds. The summed E-state index contributed by atoms with van der Waals surface area (Å²) in [6.45, 7) is 14.5. The van der Waals surface area contributed by atoms with Gasteiger partial charge in [0, 0.05) is 0 Å². The SMILES string of the molecule is CC1CC(C)C(C)(C)C(C)C1C. The second kappa shape index (κ2) is 3.05. The Bertz CT molecular complexity index is 157. The van der Waals surface area contributed by atoms with Gasteiger partial charge in [0.05, 0.1) is 0 Å². The van der Waals surface area contributed by atoms with Crippen LogP contribution in [0.4, 0.5) is 0 Å². The third-order valence-corrected chi connectivity index (χ3v) is 4.86. The van der Waals surface area contributed by atoms with Crippen LogP contribution < -0.4 is 0 Å². The van der Waals surface area contributed by atoms with Gasteiger partial charge in [-0.3, -0.25) is 0 Å². The van der Waals surface area contributed by atoms with E-state index >= 15 is 0 Å². The molecule has 0 N–H and O–H groups in total. The molecule has 0 spiro atoms. The van der Waals surface area contributed by atoms with Crippen LogP contribution in [0.5, 0.6) is 0 Å². The lowest BCUT2D eigenvalue weighted by Gasteiger charge is -2.49. The Balaban J connectivity index is 2.80. The molecule has 0 heterocycles. The van der Waals surface area contributed by atoms with E-state index in [9.17, 15) is 0 Å². The molecule has 12 heavy (non-hydrogen) atoms. The van der Waals surface area contributed by atoms with Crippen LogP contribution >= 0.6 is 0 Å². The second-order valence-electron chi connectivity index (χ2n) is 5.58. The van der Waals surface area contributed by atoms with E-state index in [1.54, 1.807) is 0 Å². The largest absolute Gasteiger partial charge is 0.0622 e. The lowest BCUT2D eigenvalue weighted by atomic mass is 9.57. The fourth-order valence-electron chi connectivity index (χ4n) is 2.70. The smallest absolute Gasteiger partial charge is 0.0300 e. The molecule has 4 unspecified atom stereocenters. The summed E-state index contributed by atoms with van der Waals surface area (Å²) in [6.07, 6.45) is 1.42. The molecule has 0 aromatic carbocycles. The van der Waals surface area contributed by atoms with E-state index in [0.717, 1.165) is 23.7 Å². The number of rotatable bonds is 0. The van der Waals surface area contributed by atoms with Crippen LogP contribution in [0.3, 0.4) is 0 Å². The molecule has 72 valence electrons. The van der Waals surface area contributed by atoms with Gasteiger partial charge in [0.2, 0.25) is 0 Å². The molecule has 1 aliphatic rings. The van der Waals surface area contributed by atoms with Gasteiger partial charge in [-0.2, -0.15) is 0 Å². The van der Waals surface area contributed by atoms with Crippen LogP contribution in [0, 0.1) is 29.1 Å². The molecule has 1 rings (SSSR count). The Labute approximate surface area is 77.7 Å². The predicted molar refractivity (Wildman–Crippen MR) is 55.1 cm³/mol. The van der Waals surface area contributed by atoms with Crippen molar-refractivity contribution < 1.29 is 0 Å². The maximum Gasteiger partial charge on any atom is -0.0300 e. The van der Waals surface area contributed by atoms with E-state index in [1.165, 1.54) is 6.42 Å². The zero-order valence-corrected chi connectivity index (χ0v) is 9.52. The van der Waals surface area contributed by atoms with Crippen LogP contribution in [-0.4, -0.2) is 0 Å². The summed E-state index contributed by atoms with van der Waals surface area (Å²) >= 11 is 0. The zero-order chi connectivity index (χ0) is 9.52. The topological polar surface area (TPSA) is 0 Å². The Kier molecular flexibility index (Phi) is 2.56. The molecule has 1 aliphatic carbocycles. The highest BCUT2D eigenvalue weighted by Crippen LogP contribution is 2.49. The van der Waals surface area contributed by atoms with E-state index in [-0.39, 0.29) is 0 Å². The molecule has 0 aromatic heterocycles. The summed E-state index contributed by atoms with van der Waals surface area (Å²) in [4.78, 5) is 0. The average molecular weight is 168 g/mol. The fourth-order valence-corrected chi connectivity index (χ4v) is 2.70. The zero-order valence-electron chi connectivity index (χ0n) is 9.52. The summed E-state index contributed by atoms with van der Waals surface area (Å²) < 4.78 is 0. The minimum atomic E-state index is 0.548. The molecule has 0 aliphatic heterocycles. The first kappa shape index (κ1) is 10.1. The normalized spacial score (nSPS) is 47.5. The van der Waals surface area contributed by atoms with Crippen molar-refractivity contribution in [3.63, 3.8) is 0 Å². The van der Waals surface area contributed by atoms with Gasteiger partial charge in [0.25, 0.3) is 0 Å². The highest BCUT2D eigenvalue weighted by Gasteiger charge is 2.41. The second-order valence-corrected chi connectivity index (χ2v) is 5.58. The molecule has 0 nitrogen and oxygen atoms in total. The van der Waals surface area contributed by atoms with Crippen molar-refractivity contribution in [2.75, 3.05) is 0 Å². The fraction of sp³-hybridized carbons (Fsp3) is 1.00. The predicted octanol–water partition coefficient (Wildman–Crippen LogP) is 3.96. The van der Waals surface area contributed by atoms with Gasteiger partial charge in [-0.1, -0.05) is 41.5 Å². The Morgan fingerprint density at radius 2 is 1.50 bits per heavy atom. The minimum absolute atomic E-state index is 0.548. The summed E-state index contributed by atoms with van der Waals surface area (Å²) in [5.74, 6) is 3.58. The van der Waals surface area contributed by atoms with Crippen LogP contribution in [0.1, 0.15) is 48.0 Å². The first-order valence-corrected chi connectivity index (χ1v) is 5.37. The van der Waals surface area contributed by atoms with Gasteiger partial charge in [-0.15, -0.1) is 0 Å². The van der Waals surface area contributed by atoms with Gasteiger partial charge in [-0.25, -0.2) is 0 Å². The van der Waals surface area contributed by atoms with Gasteiger partial charge >= 0.3 is 0 Å². The van der Waals surface area contributed by atoms with Crippen LogP contribution in [-0.2, 0) is 0 Å². The van der Waals surface area contributed by atoms with Gasteiger partial charge in [0.1, 0.15) is 0 Å². The molecular formula is C12H24. The summed E-state index contributed by atoms with van der Waals surface area (Å²) in [5.41, 5.74) is 0.548. The third-order valence-electron chi connectivity index (χ3n) is 4.86. The highest BCUT2D eigenvalue weighted by atomic mass is 14.5. The Morgan fingerprint density at radius 3 is 2.00 bits per heavy atom. The summed E-state index contributed by atoms with van der Waals surface area (Å²) in [5, 5.41) is 0. The lowest BCUT2D eigenvalue weighted by Crippen LogP contribution is -2.41. The molecule has 1 fully saturated rings. The van der Waals surface area contributed by atoms with Crippen LogP contribution in [0.25, 0.3) is 0 Å². The average Bonchev–Trinajstić information content (AvgIpc) is 1.99. The maximum absolute atomic E-state index is 2.44. The molecular weight excluding hydrogens is 144 g/mol. The molecule has 0 bridgehead atoms. The molecule has 1 saturated carbocycles. The van der Waals surface area contributed by atoms with E-state index in [1.807, 2.05) is 0 Å². The first-order chi connectivity index (χ1) is 5.37. The monoisotopic (exact) mass is 168 g/mol. The third kappa shape index (κ3) is 1.41. The standard InChI is InChI=1S/C12H24/c1-8-7-9(2)12(5,6)11(4)10(8)3/h8-11H,7H2,1-6H3. The highest BCUT2D eigenvalue weighted by molar-refractivity contribution is 4.90. The lowest BCUT2D eigenvalue weighted by molar-refractivity contribution is 0.00511. The Morgan fingerprint density at radius 1 is 1.00 bits per heavy atom. The molecule has 0 aromatic rings. The van der Waals surface area contributed by atoms with E-state index in [2.05, 4.69) is 41.5 Å². The number of hydrogen-bond donors (Lipinski definition) is 0. The van der Waals surface area contributed by atoms with Crippen LogP contribution in [0.2, 0.25) is 0 Å². The van der Waals surface area contributed by atoms with Crippen molar-refractivity contribution in [3.05, 3.63) is 0 Å². The molecule has 4 atom stereocenters. The van der Waals surface area contributed by atoms with Crippen molar-refractivity contribution in [2.45, 2.75) is 48.0 Å². The van der Waals surface area contributed by atoms with Gasteiger partial charge < -0.3 is 0 Å². The minimum Gasteiger partial charge on any atom is -0.0622 e. The summed E-state index contributed by atoms with van der Waals surface area (Å²) in [7, 11) is 0. The number of hydrogen-bond acceptors (Lipinski definition) is 0. The van der Waals surface area contributed by atoms with E-state index < -0.39 is 0 Å². The van der Waals surface area contributed by atoms with Crippen LogP contribution in [0.15, 0.2) is 0 Å². The quantitative estimate of drug-likeness (QED) is 0.513. The van der Waals surface area contributed by atoms with Crippen molar-refractivity contribution in [1.82, 2.24) is 0 Å². The van der Waals surface area contributed by atoms with Crippen molar-refractivity contribution in [3.8, 4) is 0 Å². The Hall–Kier alpha value is 0. The van der Waals surface area contributed by atoms with Crippen molar-refractivity contribution in [2.24, 2.45) is 29.1 Å². The first-order valence-electron chi connectivity index (χ1n) is 5.37. The molecule has 0 radical (unpaired) electrons. The van der Waals surface area contributed by atoms with E-state index in [4.69, 9.17) is 0 Å². The van der Waals surface area contributed by atoms with Gasteiger partial charge in [0.15, 0.2) is 0 Å². The summed E-state index contributed by atoms with van der Waals surface area (Å²) in [6, 6.07) is 0. The maximum atomic E-state index is 2.44. The molecule has 0 heteroatoms. The van der Waals surface area contributed by atoms with Crippen molar-refractivity contribution >= 4 is 0 Å². The van der Waals surface area contributed by atoms with E-state index in [0.29, 0.717) is 5.41 Å².